The van der Waals surface area contributed by atoms with Gasteiger partial charge in [-0.25, -0.2) is 0 Å². The van der Waals surface area contributed by atoms with Gasteiger partial charge in [0, 0.05) is 21.9 Å². The molecule has 0 radical (unpaired) electrons. The van der Waals surface area contributed by atoms with Gasteiger partial charge < -0.3 is 5.73 Å². The minimum absolute atomic E-state index is 0.644. The number of nitrogen functional groups attached to an aromatic ring is 1. The van der Waals surface area contributed by atoms with Gasteiger partial charge in [-0.15, -0.1) is 0 Å². The van der Waals surface area contributed by atoms with Gasteiger partial charge >= 0.3 is 0 Å². The van der Waals surface area contributed by atoms with Gasteiger partial charge in [-0.1, -0.05) is 72.7 Å². The summed E-state index contributed by atoms with van der Waals surface area (Å²) in [4.78, 5) is 0. The average molecular weight is 317 g/mol. The molecule has 0 aromatic heterocycles. The van der Waals surface area contributed by atoms with Crippen molar-refractivity contribution in [2.45, 2.75) is 0 Å². The summed E-state index contributed by atoms with van der Waals surface area (Å²) < 4.78 is 13.7. The van der Waals surface area contributed by atoms with Crippen LogP contribution in [0.25, 0.3) is 0 Å². The second kappa shape index (κ2) is 6.57. The number of hydrogen-bond acceptors (Lipinski definition) is 2. The fourth-order valence-electron chi connectivity index (χ4n) is 2.31. The van der Waals surface area contributed by atoms with Crippen LogP contribution in [0, 0.1) is 11.6 Å². The first-order valence-corrected chi connectivity index (χ1v) is 8.99. The highest BCUT2D eigenvalue weighted by atomic mass is 31.2. The summed E-state index contributed by atoms with van der Waals surface area (Å²) in [6.45, 7) is 0. The first kappa shape index (κ1) is 15.2. The molecule has 112 valence electrons. The standard InChI is InChI=1S/C20H16NOP/c21-18-9-7-8-17(16-18)14-15-23(22,19-10-3-1-4-11-19)20-12-5-2-6-13-20/h1-13,16H,21H2. The Morgan fingerprint density at radius 1 is 0.739 bits per heavy atom. The van der Waals surface area contributed by atoms with Gasteiger partial charge in [-0.05, 0) is 23.9 Å². The van der Waals surface area contributed by atoms with E-state index in [2.05, 4.69) is 11.6 Å². The summed E-state index contributed by atoms with van der Waals surface area (Å²) in [5.74, 6) is 3.03. The summed E-state index contributed by atoms with van der Waals surface area (Å²) in [7, 11) is -3.01. The minimum Gasteiger partial charge on any atom is -0.399 e. The third-order valence-corrected chi connectivity index (χ3v) is 5.96. The summed E-state index contributed by atoms with van der Waals surface area (Å²) in [6.07, 6.45) is 0. The zero-order valence-corrected chi connectivity index (χ0v) is 13.4. The second-order valence-corrected chi connectivity index (χ2v) is 7.62. The van der Waals surface area contributed by atoms with Crippen LogP contribution in [0.4, 0.5) is 5.69 Å². The van der Waals surface area contributed by atoms with Crippen LogP contribution in [0.3, 0.4) is 0 Å². The normalized spacial score (nSPS) is 10.6. The molecule has 0 amide bonds. The SMILES string of the molecule is Nc1cccc(C#CP(=O)(c2ccccc2)c2ccccc2)c1. The maximum atomic E-state index is 13.7. The molecule has 0 unspecified atom stereocenters. The van der Waals surface area contributed by atoms with Crippen molar-refractivity contribution in [3.63, 3.8) is 0 Å². The van der Waals surface area contributed by atoms with Gasteiger partial charge in [0.15, 0.2) is 0 Å². The largest absolute Gasteiger partial charge is 0.399 e. The monoisotopic (exact) mass is 317 g/mol. The van der Waals surface area contributed by atoms with Crippen molar-refractivity contribution in [3.8, 4) is 11.6 Å². The summed E-state index contributed by atoms with van der Waals surface area (Å²) in [5.41, 5.74) is 10.2. The van der Waals surface area contributed by atoms with Gasteiger partial charge in [-0.3, -0.25) is 4.57 Å². The molecule has 0 bridgehead atoms. The molecule has 0 aliphatic rings. The molecule has 0 saturated heterocycles. The van der Waals surface area contributed by atoms with Crippen LogP contribution in [-0.4, -0.2) is 0 Å². The molecule has 3 rings (SSSR count). The van der Waals surface area contributed by atoms with Crippen LogP contribution in [0.5, 0.6) is 0 Å². The molecule has 0 spiro atoms. The number of rotatable bonds is 2. The molecule has 0 atom stereocenters. The molecule has 0 fully saturated rings. The first-order chi connectivity index (χ1) is 11.2. The Balaban J connectivity index is 2.13. The predicted octanol–water partition coefficient (Wildman–Crippen LogP) is 3.59. The average Bonchev–Trinajstić information content (AvgIpc) is 2.61. The van der Waals surface area contributed by atoms with Crippen LogP contribution in [0.1, 0.15) is 5.56 Å². The van der Waals surface area contributed by atoms with Gasteiger partial charge in [-0.2, -0.15) is 0 Å². The Kier molecular flexibility index (Phi) is 4.33. The topological polar surface area (TPSA) is 43.1 Å². The molecule has 2 N–H and O–H groups in total. The van der Waals surface area contributed by atoms with Gasteiger partial charge in [0.05, 0.1) is 0 Å². The smallest absolute Gasteiger partial charge is 0.211 e. The molecule has 0 saturated carbocycles. The van der Waals surface area contributed by atoms with E-state index >= 15 is 0 Å². The third-order valence-electron chi connectivity index (χ3n) is 3.48. The lowest BCUT2D eigenvalue weighted by atomic mass is 10.2. The summed E-state index contributed by atoms with van der Waals surface area (Å²) in [5, 5.41) is 1.48. The van der Waals surface area contributed by atoms with E-state index in [9.17, 15) is 4.57 Å². The van der Waals surface area contributed by atoms with Crippen LogP contribution in [0.15, 0.2) is 84.9 Å². The van der Waals surface area contributed by atoms with Crippen LogP contribution >= 0.6 is 7.14 Å². The predicted molar refractivity (Wildman–Crippen MR) is 97.5 cm³/mol. The fourth-order valence-corrected chi connectivity index (χ4v) is 4.34. The van der Waals surface area contributed by atoms with E-state index in [0.717, 1.165) is 16.2 Å². The molecule has 0 aliphatic heterocycles. The lowest BCUT2D eigenvalue weighted by molar-refractivity contribution is 0.593. The molecule has 3 aromatic carbocycles. The van der Waals surface area contributed by atoms with E-state index in [1.54, 1.807) is 12.1 Å². The van der Waals surface area contributed by atoms with Crippen molar-refractivity contribution in [2.24, 2.45) is 0 Å². The quantitative estimate of drug-likeness (QED) is 0.446. The maximum absolute atomic E-state index is 13.7. The van der Waals surface area contributed by atoms with Crippen molar-refractivity contribution < 1.29 is 4.57 Å². The third kappa shape index (κ3) is 3.37. The molecule has 2 nitrogen and oxygen atoms in total. The van der Waals surface area contributed by atoms with Crippen LogP contribution in [-0.2, 0) is 4.57 Å². The van der Waals surface area contributed by atoms with E-state index in [4.69, 9.17) is 5.73 Å². The van der Waals surface area contributed by atoms with Gasteiger partial charge in [0.2, 0.25) is 7.14 Å². The van der Waals surface area contributed by atoms with Crippen molar-refractivity contribution >= 4 is 23.4 Å². The Bertz CT molecular complexity index is 865. The highest BCUT2D eigenvalue weighted by Crippen LogP contribution is 2.41. The van der Waals surface area contributed by atoms with Crippen LogP contribution < -0.4 is 16.3 Å². The molecule has 0 aliphatic carbocycles. The van der Waals surface area contributed by atoms with Crippen molar-refractivity contribution in [1.29, 1.82) is 0 Å². The van der Waals surface area contributed by atoms with E-state index in [1.165, 1.54) is 0 Å². The number of hydrogen-bond donors (Lipinski definition) is 1. The Hall–Kier alpha value is -2.75. The molecule has 3 aromatic rings. The second-order valence-electron chi connectivity index (χ2n) is 5.14. The van der Waals surface area contributed by atoms with E-state index < -0.39 is 7.14 Å². The van der Waals surface area contributed by atoms with Crippen molar-refractivity contribution in [3.05, 3.63) is 90.5 Å². The number of benzene rings is 3. The molecular weight excluding hydrogens is 301 g/mol. The fraction of sp³-hybridized carbons (Fsp3) is 0. The lowest BCUT2D eigenvalue weighted by Crippen LogP contribution is -2.14. The highest BCUT2D eigenvalue weighted by molar-refractivity contribution is 7.83. The van der Waals surface area contributed by atoms with Gasteiger partial charge in [0.25, 0.3) is 0 Å². The molecule has 23 heavy (non-hydrogen) atoms. The van der Waals surface area contributed by atoms with Crippen molar-refractivity contribution in [2.75, 3.05) is 5.73 Å². The van der Waals surface area contributed by atoms with Crippen LogP contribution in [0.2, 0.25) is 0 Å². The zero-order chi connectivity index (χ0) is 16.1. The Morgan fingerprint density at radius 2 is 1.30 bits per heavy atom. The Morgan fingerprint density at radius 3 is 1.83 bits per heavy atom. The van der Waals surface area contributed by atoms with Crippen molar-refractivity contribution in [1.82, 2.24) is 0 Å². The van der Waals surface area contributed by atoms with E-state index in [1.807, 2.05) is 72.8 Å². The molecule has 0 heterocycles. The van der Waals surface area contributed by atoms with E-state index in [0.29, 0.717) is 5.69 Å². The molecular formula is C20H16NOP. The lowest BCUT2D eigenvalue weighted by Gasteiger charge is -2.12. The van der Waals surface area contributed by atoms with Gasteiger partial charge in [0.1, 0.15) is 0 Å². The Labute approximate surface area is 136 Å². The number of nitrogens with two attached hydrogens (primary N) is 1. The maximum Gasteiger partial charge on any atom is 0.211 e. The summed E-state index contributed by atoms with van der Waals surface area (Å²) >= 11 is 0. The number of anilines is 1. The van der Waals surface area contributed by atoms with E-state index in [-0.39, 0.29) is 0 Å². The summed E-state index contributed by atoms with van der Waals surface area (Å²) in [6, 6.07) is 26.1. The zero-order valence-electron chi connectivity index (χ0n) is 12.5. The minimum atomic E-state index is -3.01. The first-order valence-electron chi connectivity index (χ1n) is 7.28. The highest BCUT2D eigenvalue weighted by Gasteiger charge is 2.24. The molecule has 3 heteroatoms.